The highest BCUT2D eigenvalue weighted by molar-refractivity contribution is 5.83. The zero-order valence-electron chi connectivity index (χ0n) is 9.98. The van der Waals surface area contributed by atoms with Crippen molar-refractivity contribution in [2.75, 3.05) is 0 Å². The van der Waals surface area contributed by atoms with E-state index in [0.717, 1.165) is 12.8 Å². The van der Waals surface area contributed by atoms with Crippen LogP contribution in [0.1, 0.15) is 54.4 Å². The van der Waals surface area contributed by atoms with E-state index in [2.05, 4.69) is 20.8 Å². The first-order chi connectivity index (χ1) is 5.79. The maximum Gasteiger partial charge on any atom is 0.138 e. The van der Waals surface area contributed by atoms with Gasteiger partial charge >= 0.3 is 0 Å². The molecule has 1 heteroatoms. The summed E-state index contributed by atoms with van der Waals surface area (Å²) in [5.41, 5.74) is -0.164. The Labute approximate surface area is 82.9 Å². The summed E-state index contributed by atoms with van der Waals surface area (Å²) in [6, 6.07) is 0. The Morgan fingerprint density at radius 3 is 1.92 bits per heavy atom. The average Bonchev–Trinajstić information content (AvgIpc) is 1.96. The van der Waals surface area contributed by atoms with Crippen LogP contribution in [0.3, 0.4) is 0 Å². The van der Waals surface area contributed by atoms with Crippen LogP contribution in [0.2, 0.25) is 0 Å². The van der Waals surface area contributed by atoms with Crippen LogP contribution < -0.4 is 0 Å². The van der Waals surface area contributed by atoms with E-state index in [1.807, 2.05) is 20.8 Å². The molecule has 0 rings (SSSR count). The standard InChI is InChI=1S/C12H24O/c1-7-10(9(2)3)8-11(13)12(4,5)6/h9-10H,7-8H2,1-6H3. The predicted molar refractivity (Wildman–Crippen MR) is 57.7 cm³/mol. The highest BCUT2D eigenvalue weighted by Crippen LogP contribution is 2.25. The maximum absolute atomic E-state index is 11.7. The molecule has 0 aromatic rings. The monoisotopic (exact) mass is 184 g/mol. The molecule has 0 spiro atoms. The lowest BCUT2D eigenvalue weighted by atomic mass is 9.81. The van der Waals surface area contributed by atoms with Gasteiger partial charge < -0.3 is 0 Å². The van der Waals surface area contributed by atoms with Gasteiger partial charge in [0.15, 0.2) is 0 Å². The molecule has 1 atom stereocenters. The molecule has 0 radical (unpaired) electrons. The largest absolute Gasteiger partial charge is 0.299 e. The molecule has 0 aliphatic heterocycles. The Bertz CT molecular complexity index is 162. The van der Waals surface area contributed by atoms with E-state index in [4.69, 9.17) is 0 Å². The smallest absolute Gasteiger partial charge is 0.138 e. The van der Waals surface area contributed by atoms with E-state index < -0.39 is 0 Å². The molecule has 0 heterocycles. The number of carbonyl (C=O) groups excluding carboxylic acids is 1. The highest BCUT2D eigenvalue weighted by atomic mass is 16.1. The lowest BCUT2D eigenvalue weighted by Gasteiger charge is -2.23. The summed E-state index contributed by atoms with van der Waals surface area (Å²) in [6.45, 7) is 12.6. The third-order valence-corrected chi connectivity index (χ3v) is 2.75. The summed E-state index contributed by atoms with van der Waals surface area (Å²) >= 11 is 0. The molecule has 1 unspecified atom stereocenters. The number of ketones is 1. The van der Waals surface area contributed by atoms with Crippen LogP contribution in [0, 0.1) is 17.3 Å². The van der Waals surface area contributed by atoms with Crippen LogP contribution in [0.15, 0.2) is 0 Å². The van der Waals surface area contributed by atoms with Gasteiger partial charge in [-0.25, -0.2) is 0 Å². The number of hydrogen-bond donors (Lipinski definition) is 0. The Morgan fingerprint density at radius 1 is 1.23 bits per heavy atom. The fourth-order valence-corrected chi connectivity index (χ4v) is 1.40. The third kappa shape index (κ3) is 4.44. The van der Waals surface area contributed by atoms with Crippen molar-refractivity contribution in [3.05, 3.63) is 0 Å². The molecule has 0 fully saturated rings. The van der Waals surface area contributed by atoms with E-state index in [1.54, 1.807) is 0 Å². The molecule has 0 saturated heterocycles. The van der Waals surface area contributed by atoms with Crippen LogP contribution in [0.5, 0.6) is 0 Å². The third-order valence-electron chi connectivity index (χ3n) is 2.75. The lowest BCUT2D eigenvalue weighted by Crippen LogP contribution is -2.24. The highest BCUT2D eigenvalue weighted by Gasteiger charge is 2.24. The van der Waals surface area contributed by atoms with Gasteiger partial charge in [-0.1, -0.05) is 48.0 Å². The van der Waals surface area contributed by atoms with Gasteiger partial charge in [0, 0.05) is 11.8 Å². The van der Waals surface area contributed by atoms with Crippen LogP contribution in [-0.4, -0.2) is 5.78 Å². The number of hydrogen-bond acceptors (Lipinski definition) is 1. The second-order valence-corrected chi connectivity index (χ2v) is 5.29. The van der Waals surface area contributed by atoms with Crippen molar-refractivity contribution in [2.45, 2.75) is 54.4 Å². The summed E-state index contributed by atoms with van der Waals surface area (Å²) in [5, 5.41) is 0. The van der Waals surface area contributed by atoms with Gasteiger partial charge in [-0.15, -0.1) is 0 Å². The summed E-state index contributed by atoms with van der Waals surface area (Å²) in [4.78, 5) is 11.7. The second-order valence-electron chi connectivity index (χ2n) is 5.29. The molecule has 0 bridgehead atoms. The molecular weight excluding hydrogens is 160 g/mol. The summed E-state index contributed by atoms with van der Waals surface area (Å²) in [7, 11) is 0. The first kappa shape index (κ1) is 12.7. The molecule has 0 aliphatic rings. The van der Waals surface area contributed by atoms with Crippen molar-refractivity contribution in [1.82, 2.24) is 0 Å². The van der Waals surface area contributed by atoms with Gasteiger partial charge in [0.1, 0.15) is 5.78 Å². The molecule has 13 heavy (non-hydrogen) atoms. The maximum atomic E-state index is 11.7. The molecule has 1 nitrogen and oxygen atoms in total. The summed E-state index contributed by atoms with van der Waals surface area (Å²) in [6.07, 6.45) is 1.86. The van der Waals surface area contributed by atoms with Crippen LogP contribution in [0.4, 0.5) is 0 Å². The molecule has 0 N–H and O–H groups in total. The van der Waals surface area contributed by atoms with E-state index in [9.17, 15) is 4.79 Å². The van der Waals surface area contributed by atoms with Gasteiger partial charge in [0.05, 0.1) is 0 Å². The molecule has 0 amide bonds. The van der Waals surface area contributed by atoms with Gasteiger partial charge in [0.25, 0.3) is 0 Å². The van der Waals surface area contributed by atoms with Crippen molar-refractivity contribution in [2.24, 2.45) is 17.3 Å². The lowest BCUT2D eigenvalue weighted by molar-refractivity contribution is -0.127. The zero-order valence-corrected chi connectivity index (χ0v) is 9.98. The minimum atomic E-state index is -0.164. The minimum Gasteiger partial charge on any atom is -0.299 e. The summed E-state index contributed by atoms with van der Waals surface area (Å²) in [5.74, 6) is 1.58. The molecule has 78 valence electrons. The van der Waals surface area contributed by atoms with E-state index >= 15 is 0 Å². The SMILES string of the molecule is CCC(CC(=O)C(C)(C)C)C(C)C. The number of carbonyl (C=O) groups is 1. The zero-order chi connectivity index (χ0) is 10.6. The molecule has 0 aliphatic carbocycles. The first-order valence-electron chi connectivity index (χ1n) is 5.32. The average molecular weight is 184 g/mol. The predicted octanol–water partition coefficient (Wildman–Crippen LogP) is 3.67. The number of rotatable bonds is 4. The summed E-state index contributed by atoms with van der Waals surface area (Å²) < 4.78 is 0. The first-order valence-corrected chi connectivity index (χ1v) is 5.32. The van der Waals surface area contributed by atoms with Crippen LogP contribution in [0.25, 0.3) is 0 Å². The fraction of sp³-hybridized carbons (Fsp3) is 0.917. The molecule has 0 aromatic heterocycles. The Kier molecular flexibility index (Phi) is 4.66. The van der Waals surface area contributed by atoms with Gasteiger partial charge in [0.2, 0.25) is 0 Å². The van der Waals surface area contributed by atoms with E-state index in [1.165, 1.54) is 0 Å². The molecular formula is C12H24O. The van der Waals surface area contributed by atoms with Gasteiger partial charge in [-0.3, -0.25) is 4.79 Å². The normalized spacial score (nSPS) is 14.7. The minimum absolute atomic E-state index is 0.164. The van der Waals surface area contributed by atoms with Gasteiger partial charge in [-0.2, -0.15) is 0 Å². The Balaban J connectivity index is 4.18. The van der Waals surface area contributed by atoms with Crippen molar-refractivity contribution in [3.8, 4) is 0 Å². The van der Waals surface area contributed by atoms with Crippen LogP contribution >= 0.6 is 0 Å². The van der Waals surface area contributed by atoms with Crippen molar-refractivity contribution in [1.29, 1.82) is 0 Å². The Hall–Kier alpha value is -0.330. The van der Waals surface area contributed by atoms with Crippen molar-refractivity contribution >= 4 is 5.78 Å². The topological polar surface area (TPSA) is 17.1 Å². The quantitative estimate of drug-likeness (QED) is 0.651. The van der Waals surface area contributed by atoms with E-state index in [0.29, 0.717) is 17.6 Å². The van der Waals surface area contributed by atoms with Crippen molar-refractivity contribution < 1.29 is 4.79 Å². The number of Topliss-reactive ketones (excluding diaryl/α,β-unsaturated/α-hetero) is 1. The molecule has 0 aromatic carbocycles. The second kappa shape index (κ2) is 4.78. The van der Waals surface area contributed by atoms with E-state index in [-0.39, 0.29) is 5.41 Å². The van der Waals surface area contributed by atoms with Crippen LogP contribution in [-0.2, 0) is 4.79 Å². The fourth-order valence-electron chi connectivity index (χ4n) is 1.40. The Morgan fingerprint density at radius 2 is 1.69 bits per heavy atom. The van der Waals surface area contributed by atoms with Gasteiger partial charge in [-0.05, 0) is 11.8 Å². The van der Waals surface area contributed by atoms with Crippen molar-refractivity contribution in [3.63, 3.8) is 0 Å². The molecule has 0 saturated carbocycles.